The maximum Gasteiger partial charge on any atom is 0.262 e. The van der Waals surface area contributed by atoms with Gasteiger partial charge < -0.3 is 15.0 Å². The maximum absolute atomic E-state index is 12.0. The van der Waals surface area contributed by atoms with Crippen molar-refractivity contribution >= 4 is 52.0 Å². The first-order valence-electron chi connectivity index (χ1n) is 8.80. The van der Waals surface area contributed by atoms with E-state index in [1.807, 2.05) is 24.3 Å². The first-order chi connectivity index (χ1) is 13.0. The Bertz CT molecular complexity index is 821. The van der Waals surface area contributed by atoms with Crippen molar-refractivity contribution in [1.82, 2.24) is 4.90 Å². The zero-order chi connectivity index (χ0) is 19.2. The van der Waals surface area contributed by atoms with Crippen molar-refractivity contribution in [1.29, 1.82) is 0 Å². The molecule has 1 amide bonds. The first kappa shape index (κ1) is 19.9. The highest BCUT2D eigenvalue weighted by Crippen LogP contribution is 2.25. The third-order valence-corrected chi connectivity index (χ3v) is 5.55. The van der Waals surface area contributed by atoms with Gasteiger partial charge in [0, 0.05) is 24.3 Å². The van der Waals surface area contributed by atoms with E-state index in [0.717, 1.165) is 23.6 Å². The minimum Gasteiger partial charge on any atom is -0.484 e. The Morgan fingerprint density at radius 2 is 1.74 bits per heavy atom. The molecular weight excluding hydrogens is 403 g/mol. The van der Waals surface area contributed by atoms with Crippen molar-refractivity contribution in [2.45, 2.75) is 19.3 Å². The van der Waals surface area contributed by atoms with Crippen LogP contribution in [0.5, 0.6) is 5.75 Å². The Kier molecular flexibility index (Phi) is 6.94. The molecule has 0 atom stereocenters. The predicted molar refractivity (Wildman–Crippen MR) is 114 cm³/mol. The molecule has 0 saturated carbocycles. The second kappa shape index (κ2) is 9.40. The van der Waals surface area contributed by atoms with Gasteiger partial charge >= 0.3 is 0 Å². The molecule has 142 valence electrons. The molecule has 4 nitrogen and oxygen atoms in total. The number of benzene rings is 2. The summed E-state index contributed by atoms with van der Waals surface area (Å²) >= 11 is 17.4. The van der Waals surface area contributed by atoms with E-state index in [1.165, 1.54) is 19.3 Å². The van der Waals surface area contributed by atoms with Gasteiger partial charge in [0.05, 0.1) is 10.0 Å². The molecule has 3 rings (SSSR count). The van der Waals surface area contributed by atoms with Gasteiger partial charge in [-0.1, -0.05) is 35.4 Å². The number of carbonyl (C=O) groups is 1. The van der Waals surface area contributed by atoms with E-state index in [4.69, 9.17) is 40.2 Å². The summed E-state index contributed by atoms with van der Waals surface area (Å²) in [5, 5.41) is 3.54. The number of piperidine rings is 1. The number of amides is 1. The number of likely N-dealkylation sites (tertiary alicyclic amines) is 1. The molecule has 7 heteroatoms. The molecule has 0 aliphatic carbocycles. The van der Waals surface area contributed by atoms with Gasteiger partial charge in [-0.05, 0) is 61.7 Å². The van der Waals surface area contributed by atoms with Crippen molar-refractivity contribution < 1.29 is 9.53 Å². The zero-order valence-corrected chi connectivity index (χ0v) is 17.0. The highest BCUT2D eigenvalue weighted by atomic mass is 35.5. The lowest BCUT2D eigenvalue weighted by Crippen LogP contribution is -2.34. The summed E-state index contributed by atoms with van der Waals surface area (Å²) in [5.41, 5.74) is 1.57. The molecule has 1 heterocycles. The number of ether oxygens (including phenoxy) is 1. The SMILES string of the molecule is O=C(COc1ccc(C(=S)N2CCCCC2)cc1)Nc1ccc(Cl)c(Cl)c1. The predicted octanol–water partition coefficient (Wildman–Crippen LogP) is 5.17. The number of thiocarbonyl (C=S) groups is 1. The molecule has 0 radical (unpaired) electrons. The topological polar surface area (TPSA) is 41.6 Å². The van der Waals surface area contributed by atoms with E-state index in [-0.39, 0.29) is 12.5 Å². The molecular formula is C20H20Cl2N2O2S. The third kappa shape index (κ3) is 5.58. The third-order valence-electron chi connectivity index (χ3n) is 4.32. The van der Waals surface area contributed by atoms with Crippen LogP contribution in [0, 0.1) is 0 Å². The molecule has 0 bridgehead atoms. The Hall–Kier alpha value is -1.82. The maximum atomic E-state index is 12.0. The van der Waals surface area contributed by atoms with E-state index in [2.05, 4.69) is 10.2 Å². The highest BCUT2D eigenvalue weighted by Gasteiger charge is 2.15. The number of hydrogen-bond donors (Lipinski definition) is 1. The van der Waals surface area contributed by atoms with E-state index in [1.54, 1.807) is 18.2 Å². The average Bonchev–Trinajstić information content (AvgIpc) is 2.70. The number of carbonyl (C=O) groups excluding carboxylic acids is 1. The number of nitrogens with one attached hydrogen (secondary N) is 1. The van der Waals surface area contributed by atoms with Crippen LogP contribution in [0.25, 0.3) is 0 Å². The minimum atomic E-state index is -0.277. The summed E-state index contributed by atoms with van der Waals surface area (Å²) in [5.74, 6) is 0.339. The molecule has 1 fully saturated rings. The Morgan fingerprint density at radius 3 is 2.41 bits per heavy atom. The summed E-state index contributed by atoms with van der Waals surface area (Å²) < 4.78 is 5.55. The Labute approximate surface area is 174 Å². The van der Waals surface area contributed by atoms with Crippen LogP contribution in [0.4, 0.5) is 5.69 Å². The number of halogens is 2. The summed E-state index contributed by atoms with van der Waals surface area (Å²) in [7, 11) is 0. The van der Waals surface area contributed by atoms with Gasteiger partial charge in [0.25, 0.3) is 5.91 Å². The van der Waals surface area contributed by atoms with Crippen LogP contribution in [0.2, 0.25) is 10.0 Å². The molecule has 1 saturated heterocycles. The molecule has 2 aromatic rings. The fourth-order valence-electron chi connectivity index (χ4n) is 2.89. The van der Waals surface area contributed by atoms with Crippen LogP contribution in [-0.2, 0) is 4.79 Å². The molecule has 1 N–H and O–H groups in total. The highest BCUT2D eigenvalue weighted by molar-refractivity contribution is 7.80. The van der Waals surface area contributed by atoms with Crippen LogP contribution < -0.4 is 10.1 Å². The van der Waals surface area contributed by atoms with Crippen molar-refractivity contribution in [2.75, 3.05) is 25.0 Å². The van der Waals surface area contributed by atoms with Crippen LogP contribution >= 0.6 is 35.4 Å². The van der Waals surface area contributed by atoms with Crippen molar-refractivity contribution in [3.8, 4) is 5.75 Å². The van der Waals surface area contributed by atoms with Crippen LogP contribution in [0.3, 0.4) is 0 Å². The quantitative estimate of drug-likeness (QED) is 0.674. The Morgan fingerprint density at radius 1 is 1.04 bits per heavy atom. The van der Waals surface area contributed by atoms with Crippen LogP contribution in [-0.4, -0.2) is 35.5 Å². The average molecular weight is 423 g/mol. The van der Waals surface area contributed by atoms with Gasteiger partial charge in [-0.15, -0.1) is 0 Å². The summed E-state index contributed by atoms with van der Waals surface area (Å²) in [6.45, 7) is 1.94. The normalized spacial score (nSPS) is 13.9. The smallest absolute Gasteiger partial charge is 0.262 e. The van der Waals surface area contributed by atoms with Gasteiger partial charge in [0.1, 0.15) is 10.7 Å². The Balaban J connectivity index is 1.51. The standard InChI is InChI=1S/C20H20Cl2N2O2S/c21-17-9-6-15(12-18(17)22)23-19(25)13-26-16-7-4-14(5-8-16)20(27)24-10-2-1-3-11-24/h4-9,12H,1-3,10-11,13H2,(H,23,25). The van der Waals surface area contributed by atoms with Gasteiger partial charge in [-0.3, -0.25) is 4.79 Å². The fourth-order valence-corrected chi connectivity index (χ4v) is 3.51. The summed E-state index contributed by atoms with van der Waals surface area (Å²) in [6, 6.07) is 12.4. The monoisotopic (exact) mass is 422 g/mol. The largest absolute Gasteiger partial charge is 0.484 e. The molecule has 27 heavy (non-hydrogen) atoms. The number of hydrogen-bond acceptors (Lipinski definition) is 3. The fraction of sp³-hybridized carbons (Fsp3) is 0.300. The molecule has 2 aromatic carbocycles. The molecule has 0 unspecified atom stereocenters. The van der Waals surface area contributed by atoms with E-state index >= 15 is 0 Å². The second-order valence-electron chi connectivity index (χ2n) is 6.34. The molecule has 1 aliphatic heterocycles. The van der Waals surface area contributed by atoms with Crippen molar-refractivity contribution in [3.05, 3.63) is 58.1 Å². The molecule has 1 aliphatic rings. The molecule has 0 spiro atoms. The van der Waals surface area contributed by atoms with Gasteiger partial charge in [0.2, 0.25) is 0 Å². The van der Waals surface area contributed by atoms with E-state index in [0.29, 0.717) is 21.5 Å². The minimum absolute atomic E-state index is 0.101. The van der Waals surface area contributed by atoms with Crippen molar-refractivity contribution in [3.63, 3.8) is 0 Å². The lowest BCUT2D eigenvalue weighted by Gasteiger charge is -2.29. The van der Waals surface area contributed by atoms with Gasteiger partial charge in [-0.2, -0.15) is 0 Å². The van der Waals surface area contributed by atoms with E-state index in [9.17, 15) is 4.79 Å². The summed E-state index contributed by atoms with van der Waals surface area (Å²) in [4.78, 5) is 15.1. The van der Waals surface area contributed by atoms with E-state index < -0.39 is 0 Å². The first-order valence-corrected chi connectivity index (χ1v) is 9.96. The van der Waals surface area contributed by atoms with Gasteiger partial charge in [0.15, 0.2) is 6.61 Å². The van der Waals surface area contributed by atoms with Crippen molar-refractivity contribution in [2.24, 2.45) is 0 Å². The zero-order valence-electron chi connectivity index (χ0n) is 14.7. The van der Waals surface area contributed by atoms with Crippen LogP contribution in [0.15, 0.2) is 42.5 Å². The number of rotatable bonds is 5. The summed E-state index contributed by atoms with van der Waals surface area (Å²) in [6.07, 6.45) is 3.65. The number of anilines is 1. The van der Waals surface area contributed by atoms with Crippen LogP contribution in [0.1, 0.15) is 24.8 Å². The second-order valence-corrected chi connectivity index (χ2v) is 7.54. The lowest BCUT2D eigenvalue weighted by atomic mass is 10.1. The lowest BCUT2D eigenvalue weighted by molar-refractivity contribution is -0.118. The van der Waals surface area contributed by atoms with Gasteiger partial charge in [-0.25, -0.2) is 0 Å². The number of nitrogens with zero attached hydrogens (tertiary/aromatic N) is 1. The molecule has 0 aromatic heterocycles.